The van der Waals surface area contributed by atoms with Crippen molar-refractivity contribution < 1.29 is 24.9 Å². The summed E-state index contributed by atoms with van der Waals surface area (Å²) in [4.78, 5) is 9.65. The Morgan fingerprint density at radius 1 is 1.21 bits per heavy atom. The molecule has 0 saturated carbocycles. The zero-order valence-electron chi connectivity index (χ0n) is 12.8. The fourth-order valence-corrected chi connectivity index (χ4v) is 1.23. The van der Waals surface area contributed by atoms with Crippen molar-refractivity contribution in [3.63, 3.8) is 0 Å². The van der Waals surface area contributed by atoms with Crippen molar-refractivity contribution in [2.24, 2.45) is 5.92 Å². The van der Waals surface area contributed by atoms with Crippen LogP contribution in [0.4, 0.5) is 0 Å². The number of aliphatic hydroxyl groups is 2. The van der Waals surface area contributed by atoms with Crippen molar-refractivity contribution in [2.75, 3.05) is 6.61 Å². The number of carboxylic acids is 1. The van der Waals surface area contributed by atoms with E-state index in [0.29, 0.717) is 6.61 Å². The third-order valence-corrected chi connectivity index (χ3v) is 2.10. The molecule has 0 heterocycles. The number of aliphatic carboxylic acids is 1. The van der Waals surface area contributed by atoms with Crippen LogP contribution in [0, 0.1) is 5.92 Å². The van der Waals surface area contributed by atoms with Gasteiger partial charge in [0.25, 0.3) is 0 Å². The lowest BCUT2D eigenvalue weighted by Gasteiger charge is -2.17. The fourth-order valence-electron chi connectivity index (χ4n) is 1.23. The van der Waals surface area contributed by atoms with Crippen LogP contribution in [0.3, 0.4) is 0 Å². The molecule has 0 aromatic heterocycles. The van der Waals surface area contributed by atoms with E-state index in [1.807, 2.05) is 0 Å². The Morgan fingerprint density at radius 3 is 2.00 bits per heavy atom. The predicted octanol–water partition coefficient (Wildman–Crippen LogP) is 2.40. The molecule has 0 bridgehead atoms. The number of aliphatic hydroxyl groups excluding tert-OH is 1. The lowest BCUT2D eigenvalue weighted by atomic mass is 10.1. The molecule has 0 spiro atoms. The summed E-state index contributed by atoms with van der Waals surface area (Å²) in [5.41, 5.74) is 0. The monoisotopic (exact) mass is 278 g/mol. The van der Waals surface area contributed by atoms with E-state index in [2.05, 4.69) is 13.8 Å². The molecule has 19 heavy (non-hydrogen) atoms. The molecule has 0 aliphatic heterocycles. The molecule has 3 N–H and O–H groups in total. The Bertz CT molecular complexity index is 218. The lowest BCUT2D eigenvalue weighted by molar-refractivity contribution is -0.176. The number of carbonyl (C=O) groups is 1. The van der Waals surface area contributed by atoms with Gasteiger partial charge in [-0.15, -0.1) is 0 Å². The third kappa shape index (κ3) is 26.8. The fraction of sp³-hybridized carbons (Fsp3) is 0.929. The van der Waals surface area contributed by atoms with Gasteiger partial charge in [0.05, 0.1) is 12.5 Å². The van der Waals surface area contributed by atoms with Crippen LogP contribution in [0.25, 0.3) is 0 Å². The van der Waals surface area contributed by atoms with Crippen LogP contribution in [0.15, 0.2) is 0 Å². The van der Waals surface area contributed by atoms with Crippen molar-refractivity contribution >= 4 is 5.97 Å². The first-order chi connectivity index (χ1) is 8.54. The molecule has 1 unspecified atom stereocenters. The quantitative estimate of drug-likeness (QED) is 0.469. The number of unbranched alkanes of at least 4 members (excludes halogenated alkanes) is 1. The highest BCUT2D eigenvalue weighted by atomic mass is 16.6. The number of ether oxygens (including phenoxy) is 1. The molecule has 1 atom stereocenters. The van der Waals surface area contributed by atoms with Crippen LogP contribution in [-0.2, 0) is 9.53 Å². The minimum atomic E-state index is -0.963. The van der Waals surface area contributed by atoms with Crippen molar-refractivity contribution in [1.29, 1.82) is 0 Å². The van der Waals surface area contributed by atoms with E-state index in [0.717, 1.165) is 12.3 Å². The first-order valence-corrected chi connectivity index (χ1v) is 6.80. The number of hydrogen-bond donors (Lipinski definition) is 3. The van der Waals surface area contributed by atoms with Gasteiger partial charge in [-0.05, 0) is 33.1 Å². The molecule has 0 aromatic carbocycles. The van der Waals surface area contributed by atoms with Gasteiger partial charge in [0.2, 0.25) is 0 Å². The second kappa shape index (κ2) is 11.2. The molecular formula is C14H30O5. The molecule has 0 rings (SSSR count). The van der Waals surface area contributed by atoms with Gasteiger partial charge in [0.1, 0.15) is 0 Å². The van der Waals surface area contributed by atoms with Gasteiger partial charge in [-0.1, -0.05) is 26.7 Å². The van der Waals surface area contributed by atoms with Crippen molar-refractivity contribution in [1.82, 2.24) is 0 Å². The molecule has 0 aliphatic rings. The highest BCUT2D eigenvalue weighted by molar-refractivity contribution is 5.67. The molecule has 5 heteroatoms. The number of carboxylic acid groups (broad SMARTS) is 1. The summed E-state index contributed by atoms with van der Waals surface area (Å²) in [6.45, 7) is 9.86. The minimum absolute atomic E-state index is 0.167. The Morgan fingerprint density at radius 2 is 1.74 bits per heavy atom. The molecule has 0 radical (unpaired) electrons. The number of rotatable bonds is 8. The maximum absolute atomic E-state index is 9.65. The van der Waals surface area contributed by atoms with E-state index >= 15 is 0 Å². The molecule has 0 aliphatic carbocycles. The van der Waals surface area contributed by atoms with Crippen molar-refractivity contribution in [3.05, 3.63) is 0 Å². The maximum atomic E-state index is 9.65. The van der Waals surface area contributed by atoms with Gasteiger partial charge in [-0.25, -0.2) is 0 Å². The van der Waals surface area contributed by atoms with E-state index in [1.165, 1.54) is 19.8 Å². The lowest BCUT2D eigenvalue weighted by Crippen LogP contribution is -2.23. The van der Waals surface area contributed by atoms with Gasteiger partial charge < -0.3 is 20.1 Å². The average molecular weight is 278 g/mol. The second-order valence-electron chi connectivity index (χ2n) is 5.63. The molecule has 116 valence electrons. The molecule has 0 aromatic rings. The van der Waals surface area contributed by atoms with Crippen LogP contribution in [0.1, 0.15) is 60.3 Å². The largest absolute Gasteiger partial charge is 0.481 e. The van der Waals surface area contributed by atoms with Crippen LogP contribution < -0.4 is 0 Å². The highest BCUT2D eigenvalue weighted by Gasteiger charge is 2.10. The van der Waals surface area contributed by atoms with Gasteiger partial charge in [0.15, 0.2) is 5.79 Å². The molecule has 0 saturated heterocycles. The zero-order chi connectivity index (χ0) is 15.5. The maximum Gasteiger partial charge on any atom is 0.305 e. The summed E-state index contributed by atoms with van der Waals surface area (Å²) in [5.74, 6) is -1.15. The van der Waals surface area contributed by atoms with Crippen molar-refractivity contribution in [2.45, 2.75) is 72.2 Å². The Labute approximate surface area is 116 Å². The van der Waals surface area contributed by atoms with E-state index in [4.69, 9.17) is 14.9 Å². The summed E-state index contributed by atoms with van der Waals surface area (Å²) in [5, 5.41) is 25.5. The smallest absolute Gasteiger partial charge is 0.305 e. The van der Waals surface area contributed by atoms with Gasteiger partial charge in [-0.2, -0.15) is 0 Å². The summed E-state index contributed by atoms with van der Waals surface area (Å²) >= 11 is 0. The Balaban J connectivity index is 0. The summed E-state index contributed by atoms with van der Waals surface area (Å²) in [6, 6.07) is 0. The van der Waals surface area contributed by atoms with E-state index < -0.39 is 17.9 Å². The molecule has 0 amide bonds. The van der Waals surface area contributed by atoms with Crippen LogP contribution in [0.2, 0.25) is 0 Å². The Hall–Kier alpha value is -0.650. The molecular weight excluding hydrogens is 248 g/mol. The molecule has 0 fully saturated rings. The highest BCUT2D eigenvalue weighted by Crippen LogP contribution is 2.09. The average Bonchev–Trinajstić information content (AvgIpc) is 2.13. The van der Waals surface area contributed by atoms with E-state index in [9.17, 15) is 9.90 Å². The van der Waals surface area contributed by atoms with Gasteiger partial charge in [0, 0.05) is 6.61 Å². The van der Waals surface area contributed by atoms with Crippen LogP contribution >= 0.6 is 0 Å². The minimum Gasteiger partial charge on any atom is -0.481 e. The first-order valence-electron chi connectivity index (χ1n) is 6.80. The van der Waals surface area contributed by atoms with Gasteiger partial charge in [-0.3, -0.25) is 4.79 Å². The SMILES string of the molecule is CC(C)CCCCOC(C)(C)O.CC(O)CC(=O)O. The van der Waals surface area contributed by atoms with Gasteiger partial charge >= 0.3 is 5.97 Å². The summed E-state index contributed by atoms with van der Waals surface area (Å²) < 4.78 is 5.17. The summed E-state index contributed by atoms with van der Waals surface area (Å²) in [6.07, 6.45) is 2.59. The predicted molar refractivity (Wildman–Crippen MR) is 74.9 cm³/mol. The topological polar surface area (TPSA) is 87.0 Å². The third-order valence-electron chi connectivity index (χ3n) is 2.10. The normalized spacial score (nSPS) is 12.8. The standard InChI is InChI=1S/C10H22O2.C4H8O3/c1-9(2)7-5-6-8-12-10(3,4)11;1-3(5)2-4(6)7/h9,11H,5-8H2,1-4H3;3,5H,2H2,1H3,(H,6,7). The molecule has 5 nitrogen and oxygen atoms in total. The van der Waals surface area contributed by atoms with E-state index in [1.54, 1.807) is 13.8 Å². The Kier molecular flexibility index (Phi) is 12.2. The summed E-state index contributed by atoms with van der Waals surface area (Å²) in [7, 11) is 0. The number of hydrogen-bond acceptors (Lipinski definition) is 4. The van der Waals surface area contributed by atoms with Crippen LogP contribution in [0.5, 0.6) is 0 Å². The second-order valence-corrected chi connectivity index (χ2v) is 5.63. The zero-order valence-corrected chi connectivity index (χ0v) is 12.8. The van der Waals surface area contributed by atoms with Crippen molar-refractivity contribution in [3.8, 4) is 0 Å². The van der Waals surface area contributed by atoms with E-state index in [-0.39, 0.29) is 6.42 Å². The van der Waals surface area contributed by atoms with Crippen LogP contribution in [-0.4, -0.2) is 39.8 Å². The first kappa shape index (κ1) is 20.7.